The Morgan fingerprint density at radius 2 is 1.90 bits per heavy atom. The number of aliphatic carboxylic acids is 1. The van der Waals surface area contributed by atoms with Crippen molar-refractivity contribution in [3.63, 3.8) is 0 Å². The van der Waals surface area contributed by atoms with Crippen LogP contribution in [0.2, 0.25) is 0 Å². The number of carbonyl (C=O) groups is 1. The molecule has 10 heavy (non-hydrogen) atoms. The van der Waals surface area contributed by atoms with Gasteiger partial charge in [-0.05, 0) is 0 Å². The molecule has 0 aliphatic carbocycles. The molecule has 0 saturated carbocycles. The summed E-state index contributed by atoms with van der Waals surface area (Å²) < 4.78 is 10.0. The van der Waals surface area contributed by atoms with Crippen molar-refractivity contribution in [1.82, 2.24) is 0 Å². The second-order valence-corrected chi connectivity index (χ2v) is 2.78. The van der Waals surface area contributed by atoms with E-state index in [0.717, 1.165) is 0 Å². The number of nitrogens with zero attached hydrogens (tertiary/aromatic N) is 2. The van der Waals surface area contributed by atoms with Crippen molar-refractivity contribution < 1.29 is 29.0 Å². The van der Waals surface area contributed by atoms with Gasteiger partial charge in [-0.3, -0.25) is 0 Å². The molecule has 0 atom stereocenters. The summed E-state index contributed by atoms with van der Waals surface area (Å²) in [7, 11) is -4.93. The molecule has 0 aromatic carbocycles. The van der Waals surface area contributed by atoms with Crippen LogP contribution in [-0.2, 0) is 9.36 Å². The van der Waals surface area contributed by atoms with Gasteiger partial charge < -0.3 is 20.4 Å². The molecule has 0 aromatic heterocycles. The lowest BCUT2D eigenvalue weighted by Crippen LogP contribution is -2.13. The Balaban J connectivity index is 4.94. The molecule has 0 amide bonds. The smallest absolute Gasteiger partial charge is 0.472 e. The van der Waals surface area contributed by atoms with Gasteiger partial charge in [-0.2, -0.15) is 0 Å². The first-order valence-corrected chi connectivity index (χ1v) is 3.52. The zero-order valence-electron chi connectivity index (χ0n) is 4.50. The second kappa shape index (κ2) is 2.72. The molecule has 0 unspecified atom stereocenters. The van der Waals surface area contributed by atoms with Crippen molar-refractivity contribution in [2.75, 3.05) is 0 Å². The number of rotatable bonds is 2. The van der Waals surface area contributed by atoms with Crippen molar-refractivity contribution in [2.24, 2.45) is 0 Å². The van der Waals surface area contributed by atoms with E-state index in [1.54, 1.807) is 0 Å². The molecule has 0 saturated heterocycles. The maximum absolute atomic E-state index is 10.0. The van der Waals surface area contributed by atoms with Crippen LogP contribution in [0, 0.1) is 0 Å². The molecule has 0 aromatic rings. The Hall–Kier alpha value is -1.00. The normalized spacial score (nSPS) is 10.2. The van der Waals surface area contributed by atoms with Crippen LogP contribution in [-0.4, -0.2) is 31.1 Å². The van der Waals surface area contributed by atoms with Gasteiger partial charge in [0.15, 0.2) is 0 Å². The Morgan fingerprint density at radius 3 is 1.90 bits per heavy atom. The lowest BCUT2D eigenvalue weighted by atomic mass is 10.8. The van der Waals surface area contributed by atoms with Crippen LogP contribution in [0.15, 0.2) is 0 Å². The van der Waals surface area contributed by atoms with E-state index in [9.17, 15) is 9.36 Å². The first kappa shape index (κ1) is 9.00. The summed E-state index contributed by atoms with van der Waals surface area (Å²) in [6, 6.07) is 0. The topological polar surface area (TPSA) is 131 Å². The fourth-order valence-electron chi connectivity index (χ4n) is 0.226. The fraction of sp³-hybridized carbons (Fsp3) is 0. The van der Waals surface area contributed by atoms with E-state index in [1.165, 1.54) is 0 Å². The van der Waals surface area contributed by atoms with E-state index in [0.29, 0.717) is 0 Å². The van der Waals surface area contributed by atoms with Crippen LogP contribution in [0.1, 0.15) is 0 Å². The Bertz CT molecular complexity index is 246. The molecule has 0 aliphatic heterocycles. The molecule has 56 valence electrons. The summed E-state index contributed by atoms with van der Waals surface area (Å²) in [5, 5.41) is 7.93. The minimum atomic E-state index is -4.93. The minimum absolute atomic E-state index is 1.56. The van der Waals surface area contributed by atoms with Gasteiger partial charge in [0.2, 0.25) is 0 Å². The summed E-state index contributed by atoms with van der Waals surface area (Å²) in [5.41, 5.74) is 6.18. The van der Waals surface area contributed by atoms with Crippen molar-refractivity contribution in [2.45, 2.75) is 0 Å². The van der Waals surface area contributed by atoms with Crippen LogP contribution < -0.4 is 0 Å². The molecular weight excluding hydrogens is 163 g/mol. The molecule has 0 heterocycles. The highest BCUT2D eigenvalue weighted by Crippen LogP contribution is 2.35. The highest BCUT2D eigenvalue weighted by atomic mass is 31.2. The molecule has 3 N–H and O–H groups in total. The van der Waals surface area contributed by atoms with E-state index < -0.39 is 19.0 Å². The van der Waals surface area contributed by atoms with E-state index in [-0.39, 0.29) is 0 Å². The number of carboxylic acids is 1. The lowest BCUT2D eigenvalue weighted by Gasteiger charge is -1.90. The molecule has 0 spiro atoms. The summed E-state index contributed by atoms with van der Waals surface area (Å²) in [5.74, 6) is -1.95. The SMILES string of the molecule is [N-]=[N+]=C(C(=O)O)P(=O)(O)O. The average molecular weight is 166 g/mol. The Labute approximate surface area is 54.7 Å². The third kappa shape index (κ3) is 2.08. The zero-order valence-corrected chi connectivity index (χ0v) is 5.39. The van der Waals surface area contributed by atoms with Crippen molar-refractivity contribution in [3.8, 4) is 0 Å². The summed E-state index contributed by atoms with van der Waals surface area (Å²) in [6.45, 7) is 0. The molecule has 7 nitrogen and oxygen atoms in total. The lowest BCUT2D eigenvalue weighted by molar-refractivity contribution is -0.133. The third-order valence-electron chi connectivity index (χ3n) is 0.562. The number of hydrogen-bond acceptors (Lipinski definition) is 2. The van der Waals surface area contributed by atoms with Gasteiger partial charge in [0.1, 0.15) is 0 Å². The zero-order chi connectivity index (χ0) is 8.36. The van der Waals surface area contributed by atoms with Crippen LogP contribution >= 0.6 is 7.60 Å². The molecule has 0 bridgehead atoms. The number of carboxylic acid groups (broad SMARTS) is 1. The van der Waals surface area contributed by atoms with Gasteiger partial charge in [-0.25, -0.2) is 9.36 Å². The number of hydrogen-bond donors (Lipinski definition) is 3. The summed E-state index contributed by atoms with van der Waals surface area (Å²) in [6.07, 6.45) is 0. The Kier molecular flexibility index (Phi) is 2.45. The van der Waals surface area contributed by atoms with Crippen LogP contribution in [0.5, 0.6) is 0 Å². The summed E-state index contributed by atoms with van der Waals surface area (Å²) in [4.78, 5) is 27.9. The fourth-order valence-corrected chi connectivity index (χ4v) is 0.591. The van der Waals surface area contributed by atoms with Gasteiger partial charge >= 0.3 is 19.0 Å². The molecule has 0 fully saturated rings. The van der Waals surface area contributed by atoms with E-state index in [1.807, 2.05) is 4.79 Å². The monoisotopic (exact) mass is 166 g/mol. The molecule has 8 heteroatoms. The summed E-state index contributed by atoms with van der Waals surface area (Å²) >= 11 is 0. The van der Waals surface area contributed by atoms with E-state index in [2.05, 4.69) is 0 Å². The van der Waals surface area contributed by atoms with Crippen LogP contribution in [0.3, 0.4) is 0 Å². The van der Waals surface area contributed by atoms with Crippen LogP contribution in [0.4, 0.5) is 0 Å². The Morgan fingerprint density at radius 1 is 1.50 bits per heavy atom. The van der Waals surface area contributed by atoms with Gasteiger partial charge in [0.05, 0.1) is 0 Å². The van der Waals surface area contributed by atoms with Crippen molar-refractivity contribution >= 4 is 19.0 Å². The maximum Gasteiger partial charge on any atom is 0.484 e. The highest BCUT2D eigenvalue weighted by molar-refractivity contribution is 7.73. The molecule has 0 aliphatic rings. The minimum Gasteiger partial charge on any atom is -0.472 e. The molecular formula is C2H3N2O5P. The third-order valence-corrected chi connectivity index (χ3v) is 1.39. The molecule has 0 rings (SSSR count). The highest BCUT2D eigenvalue weighted by Gasteiger charge is 2.39. The van der Waals surface area contributed by atoms with E-state index in [4.69, 9.17) is 20.4 Å². The largest absolute Gasteiger partial charge is 0.484 e. The van der Waals surface area contributed by atoms with Crippen molar-refractivity contribution in [1.29, 1.82) is 0 Å². The predicted octanol–water partition coefficient (Wildman–Crippen LogP) is -1.12. The molecule has 0 radical (unpaired) electrons. The van der Waals surface area contributed by atoms with Gasteiger partial charge in [-0.1, -0.05) is 0 Å². The standard InChI is InChI=1S/C2H3N2O5P/c3-4-1(2(5)6)10(7,8)9/h(H,5,6)(H2,7,8,9). The van der Waals surface area contributed by atoms with Gasteiger partial charge in [0, 0.05) is 0 Å². The first-order valence-electron chi connectivity index (χ1n) is 1.91. The quantitative estimate of drug-likeness (QED) is 0.207. The average Bonchev–Trinajstić information content (AvgIpc) is 1.60. The van der Waals surface area contributed by atoms with Crippen LogP contribution in [0.25, 0.3) is 5.53 Å². The van der Waals surface area contributed by atoms with Crippen molar-refractivity contribution in [3.05, 3.63) is 5.53 Å². The predicted molar refractivity (Wildman–Crippen MR) is 28.3 cm³/mol. The first-order chi connectivity index (χ1) is 4.39. The maximum atomic E-state index is 10.0. The van der Waals surface area contributed by atoms with Gasteiger partial charge in [0.25, 0.3) is 0 Å². The van der Waals surface area contributed by atoms with Gasteiger partial charge in [-0.15, -0.1) is 4.79 Å². The second-order valence-electron chi connectivity index (χ2n) is 1.27. The van der Waals surface area contributed by atoms with E-state index >= 15 is 0 Å².